The molecule has 3 amide bonds. The second kappa shape index (κ2) is 12.0. The van der Waals surface area contributed by atoms with Gasteiger partial charge in [0.05, 0.1) is 19.0 Å². The molecule has 0 unspecified atom stereocenters. The van der Waals surface area contributed by atoms with Crippen LogP contribution in [-0.4, -0.2) is 37.7 Å². The maximum absolute atomic E-state index is 12.1. The first kappa shape index (κ1) is 24.3. The minimum absolute atomic E-state index is 0.215. The van der Waals surface area contributed by atoms with Crippen molar-refractivity contribution in [2.24, 2.45) is 5.10 Å². The first-order valence-corrected chi connectivity index (χ1v) is 10.4. The number of para-hydroxylation sites is 2. The minimum Gasteiger partial charge on any atom is -0.495 e. The van der Waals surface area contributed by atoms with Crippen molar-refractivity contribution in [3.8, 4) is 11.5 Å². The summed E-state index contributed by atoms with van der Waals surface area (Å²) in [5.41, 5.74) is 3.66. The van der Waals surface area contributed by atoms with Gasteiger partial charge in [-0.3, -0.25) is 14.4 Å². The molecule has 0 spiro atoms. The highest BCUT2D eigenvalue weighted by atomic mass is 35.5. The van der Waals surface area contributed by atoms with Crippen molar-refractivity contribution < 1.29 is 23.9 Å². The molecule has 9 nitrogen and oxygen atoms in total. The molecule has 0 heterocycles. The Morgan fingerprint density at radius 1 is 0.941 bits per heavy atom. The number of rotatable bonds is 8. The number of halogens is 1. The quantitative estimate of drug-likeness (QED) is 0.259. The van der Waals surface area contributed by atoms with Gasteiger partial charge in [0.1, 0.15) is 11.5 Å². The molecule has 0 saturated heterocycles. The van der Waals surface area contributed by atoms with E-state index in [0.717, 1.165) is 0 Å². The summed E-state index contributed by atoms with van der Waals surface area (Å²) in [7, 11) is 1.46. The Kier molecular flexibility index (Phi) is 8.59. The summed E-state index contributed by atoms with van der Waals surface area (Å²) in [6.45, 7) is -0.215. The Hall–Kier alpha value is -4.37. The van der Waals surface area contributed by atoms with Crippen LogP contribution in [-0.2, 0) is 14.4 Å². The molecule has 0 aliphatic rings. The third-order valence-electron chi connectivity index (χ3n) is 4.28. The van der Waals surface area contributed by atoms with Crippen molar-refractivity contribution in [1.82, 2.24) is 5.43 Å². The van der Waals surface area contributed by atoms with Crippen molar-refractivity contribution >= 4 is 46.9 Å². The molecule has 3 rings (SSSR count). The van der Waals surface area contributed by atoms with E-state index in [1.54, 1.807) is 72.8 Å². The second-order valence-corrected chi connectivity index (χ2v) is 7.21. The Labute approximate surface area is 200 Å². The van der Waals surface area contributed by atoms with Gasteiger partial charge in [0.2, 0.25) is 0 Å². The molecule has 0 aliphatic heterocycles. The molecule has 3 aromatic carbocycles. The predicted molar refractivity (Wildman–Crippen MR) is 129 cm³/mol. The number of carbonyl (C=O) groups excluding carboxylic acids is 3. The molecule has 10 heteroatoms. The first-order chi connectivity index (χ1) is 16.4. The van der Waals surface area contributed by atoms with Crippen molar-refractivity contribution in [2.75, 3.05) is 24.4 Å². The lowest BCUT2D eigenvalue weighted by atomic mass is 10.2. The molecule has 174 valence electrons. The topological polar surface area (TPSA) is 118 Å². The average Bonchev–Trinajstić information content (AvgIpc) is 2.83. The van der Waals surface area contributed by atoms with E-state index in [4.69, 9.17) is 21.1 Å². The van der Waals surface area contributed by atoms with Gasteiger partial charge in [-0.25, -0.2) is 5.43 Å². The van der Waals surface area contributed by atoms with Gasteiger partial charge in [-0.05, 0) is 48.0 Å². The molecule has 0 aliphatic carbocycles. The normalized spacial score (nSPS) is 10.4. The van der Waals surface area contributed by atoms with Gasteiger partial charge in [-0.1, -0.05) is 41.9 Å². The highest BCUT2D eigenvalue weighted by Crippen LogP contribution is 2.22. The van der Waals surface area contributed by atoms with Crippen LogP contribution in [0.5, 0.6) is 11.5 Å². The highest BCUT2D eigenvalue weighted by Gasteiger charge is 2.14. The van der Waals surface area contributed by atoms with Gasteiger partial charge in [-0.2, -0.15) is 5.10 Å². The standard InChI is InChI=1S/C24H21ClN4O5/c1-33-21-11-3-2-10-20(21)28-23(31)24(32)29-26-14-16-6-4-9-19(12-16)34-15-22(30)27-18-8-5-7-17(25)13-18/h2-14H,15H2,1H3,(H,27,30)(H,28,31)(H,29,32)/b26-14-. The van der Waals surface area contributed by atoms with Gasteiger partial charge < -0.3 is 20.1 Å². The minimum atomic E-state index is -0.952. The first-order valence-electron chi connectivity index (χ1n) is 10.0. The van der Waals surface area contributed by atoms with E-state index < -0.39 is 11.8 Å². The predicted octanol–water partition coefficient (Wildman–Crippen LogP) is 3.45. The number of nitrogens with one attached hydrogen (secondary N) is 3. The molecule has 0 fully saturated rings. The third kappa shape index (κ3) is 7.35. The van der Waals surface area contributed by atoms with Crippen LogP contribution >= 0.6 is 11.6 Å². The summed E-state index contributed by atoms with van der Waals surface area (Å²) in [6.07, 6.45) is 1.34. The van der Waals surface area contributed by atoms with Crippen LogP contribution in [0.1, 0.15) is 5.56 Å². The number of amides is 3. The van der Waals surface area contributed by atoms with Crippen molar-refractivity contribution in [1.29, 1.82) is 0 Å². The summed E-state index contributed by atoms with van der Waals surface area (Å²) in [5, 5.41) is 9.43. The third-order valence-corrected chi connectivity index (χ3v) is 4.51. The molecule has 0 radical (unpaired) electrons. The van der Waals surface area contributed by atoms with Crippen molar-refractivity contribution in [3.63, 3.8) is 0 Å². The van der Waals surface area contributed by atoms with Crippen LogP contribution < -0.4 is 25.5 Å². The number of hydrazone groups is 1. The van der Waals surface area contributed by atoms with E-state index in [2.05, 4.69) is 21.2 Å². The number of ether oxygens (including phenoxy) is 2. The largest absolute Gasteiger partial charge is 0.495 e. The van der Waals surface area contributed by atoms with Crippen LogP contribution in [0.25, 0.3) is 0 Å². The molecule has 3 aromatic rings. The lowest BCUT2D eigenvalue weighted by molar-refractivity contribution is -0.136. The Morgan fingerprint density at radius 2 is 1.74 bits per heavy atom. The molecule has 0 bridgehead atoms. The zero-order valence-corrected chi connectivity index (χ0v) is 18.8. The number of nitrogens with zero attached hydrogens (tertiary/aromatic N) is 1. The smallest absolute Gasteiger partial charge is 0.329 e. The van der Waals surface area contributed by atoms with Crippen LogP contribution in [0.15, 0.2) is 77.9 Å². The number of carbonyl (C=O) groups is 3. The van der Waals surface area contributed by atoms with Gasteiger partial charge in [0.25, 0.3) is 5.91 Å². The second-order valence-electron chi connectivity index (χ2n) is 6.77. The van der Waals surface area contributed by atoms with Gasteiger partial charge >= 0.3 is 11.8 Å². The maximum atomic E-state index is 12.1. The van der Waals surface area contributed by atoms with E-state index in [9.17, 15) is 14.4 Å². The van der Waals surface area contributed by atoms with E-state index in [1.165, 1.54) is 13.3 Å². The van der Waals surface area contributed by atoms with Gasteiger partial charge in [-0.15, -0.1) is 0 Å². The summed E-state index contributed by atoms with van der Waals surface area (Å²) in [5.74, 6) is -1.36. The SMILES string of the molecule is COc1ccccc1NC(=O)C(=O)N/N=C\c1cccc(OCC(=O)Nc2cccc(Cl)c2)c1. The summed E-state index contributed by atoms with van der Waals surface area (Å²) in [6, 6.07) is 20.2. The number of hydrogen-bond acceptors (Lipinski definition) is 6. The number of hydrogen-bond donors (Lipinski definition) is 3. The Balaban J connectivity index is 1.49. The van der Waals surface area contributed by atoms with Gasteiger partial charge in [0, 0.05) is 10.7 Å². The highest BCUT2D eigenvalue weighted by molar-refractivity contribution is 6.39. The number of methoxy groups -OCH3 is 1. The fourth-order valence-corrected chi connectivity index (χ4v) is 2.93. The molecule has 0 aromatic heterocycles. The zero-order chi connectivity index (χ0) is 24.3. The van der Waals surface area contributed by atoms with Gasteiger partial charge in [0.15, 0.2) is 6.61 Å². The fourth-order valence-electron chi connectivity index (χ4n) is 2.74. The van der Waals surface area contributed by atoms with Crippen LogP contribution in [0.3, 0.4) is 0 Å². The monoisotopic (exact) mass is 480 g/mol. The average molecular weight is 481 g/mol. The van der Waals surface area contributed by atoms with Crippen molar-refractivity contribution in [3.05, 3.63) is 83.4 Å². The molecule has 34 heavy (non-hydrogen) atoms. The van der Waals surface area contributed by atoms with E-state index >= 15 is 0 Å². The Morgan fingerprint density at radius 3 is 2.53 bits per heavy atom. The van der Waals surface area contributed by atoms with E-state index in [1.807, 2.05) is 0 Å². The fraction of sp³-hybridized carbons (Fsp3) is 0.0833. The summed E-state index contributed by atoms with van der Waals surface area (Å²) in [4.78, 5) is 36.1. The van der Waals surface area contributed by atoms with Crippen molar-refractivity contribution in [2.45, 2.75) is 0 Å². The lowest BCUT2D eigenvalue weighted by Gasteiger charge is -2.09. The van der Waals surface area contributed by atoms with Crippen LogP contribution in [0, 0.1) is 0 Å². The zero-order valence-electron chi connectivity index (χ0n) is 18.1. The molecular weight excluding hydrogens is 460 g/mol. The molecule has 0 saturated carbocycles. The van der Waals surface area contributed by atoms with E-state index in [0.29, 0.717) is 33.5 Å². The molecular formula is C24H21ClN4O5. The molecule has 0 atom stereocenters. The maximum Gasteiger partial charge on any atom is 0.329 e. The summed E-state index contributed by atoms with van der Waals surface area (Å²) < 4.78 is 10.6. The van der Waals surface area contributed by atoms with E-state index in [-0.39, 0.29) is 12.5 Å². The summed E-state index contributed by atoms with van der Waals surface area (Å²) >= 11 is 5.90. The number of anilines is 2. The Bertz CT molecular complexity index is 1220. The molecule has 3 N–H and O–H groups in total. The lowest BCUT2D eigenvalue weighted by Crippen LogP contribution is -2.32. The number of benzene rings is 3. The van der Waals surface area contributed by atoms with Crippen LogP contribution in [0.4, 0.5) is 11.4 Å². The van der Waals surface area contributed by atoms with Crippen LogP contribution in [0.2, 0.25) is 5.02 Å².